The monoisotopic (exact) mass is 245 g/mol. The lowest BCUT2D eigenvalue weighted by molar-refractivity contribution is 0.496. The van der Waals surface area contributed by atoms with Gasteiger partial charge in [0, 0.05) is 6.04 Å². The van der Waals surface area contributed by atoms with Gasteiger partial charge in [-0.3, -0.25) is 0 Å². The Balaban J connectivity index is 1.95. The predicted molar refractivity (Wildman–Crippen MR) is 79.0 cm³/mol. The molecule has 2 rings (SSSR count). The Morgan fingerprint density at radius 1 is 1.06 bits per heavy atom. The first-order valence-electron chi connectivity index (χ1n) is 7.52. The number of rotatable bonds is 5. The van der Waals surface area contributed by atoms with E-state index >= 15 is 0 Å². The molecule has 0 heterocycles. The van der Waals surface area contributed by atoms with Crippen LogP contribution >= 0.6 is 0 Å². The van der Waals surface area contributed by atoms with E-state index in [9.17, 15) is 0 Å². The van der Waals surface area contributed by atoms with Crippen molar-refractivity contribution in [1.29, 1.82) is 0 Å². The topological polar surface area (TPSA) is 12.0 Å². The third-order valence-electron chi connectivity index (χ3n) is 4.04. The van der Waals surface area contributed by atoms with Gasteiger partial charge in [0.1, 0.15) is 0 Å². The van der Waals surface area contributed by atoms with Gasteiger partial charge in [0.05, 0.1) is 0 Å². The summed E-state index contributed by atoms with van der Waals surface area (Å²) in [6.07, 6.45) is 6.56. The highest BCUT2D eigenvalue weighted by Gasteiger charge is 2.12. The summed E-state index contributed by atoms with van der Waals surface area (Å²) in [6, 6.07) is 7.58. The normalized spacial score (nSPS) is 16.7. The molecule has 1 aliphatic rings. The molecule has 1 N–H and O–H groups in total. The van der Waals surface area contributed by atoms with Crippen LogP contribution in [0.5, 0.6) is 0 Å². The van der Waals surface area contributed by atoms with Gasteiger partial charge in [0.15, 0.2) is 0 Å². The Hall–Kier alpha value is -0.820. The molecule has 0 amide bonds. The summed E-state index contributed by atoms with van der Waals surface area (Å²) in [5.41, 5.74) is 4.63. The van der Waals surface area contributed by atoms with Crippen LogP contribution in [-0.2, 0) is 12.8 Å². The Morgan fingerprint density at radius 3 is 2.50 bits per heavy atom. The first-order valence-corrected chi connectivity index (χ1v) is 7.52. The summed E-state index contributed by atoms with van der Waals surface area (Å²) in [7, 11) is 0. The van der Waals surface area contributed by atoms with Crippen molar-refractivity contribution in [2.75, 3.05) is 6.54 Å². The van der Waals surface area contributed by atoms with Crippen LogP contribution in [0.4, 0.5) is 0 Å². The molecular formula is C17H27N. The van der Waals surface area contributed by atoms with Crippen molar-refractivity contribution in [3.8, 4) is 0 Å². The minimum absolute atomic E-state index is 0.482. The lowest BCUT2D eigenvalue weighted by atomic mass is 9.89. The fraction of sp³-hybridized carbons (Fsp3) is 0.647. The van der Waals surface area contributed by atoms with E-state index in [2.05, 4.69) is 44.3 Å². The van der Waals surface area contributed by atoms with Crippen LogP contribution in [0.2, 0.25) is 0 Å². The molecule has 0 fully saturated rings. The summed E-state index contributed by atoms with van der Waals surface area (Å²) in [5, 5.41) is 3.64. The second kappa shape index (κ2) is 6.38. The fourth-order valence-electron chi connectivity index (χ4n) is 2.73. The van der Waals surface area contributed by atoms with Crippen LogP contribution in [0.1, 0.15) is 62.8 Å². The molecule has 100 valence electrons. The van der Waals surface area contributed by atoms with E-state index in [0.717, 1.165) is 12.5 Å². The van der Waals surface area contributed by atoms with Gasteiger partial charge >= 0.3 is 0 Å². The first-order chi connectivity index (χ1) is 8.66. The minimum Gasteiger partial charge on any atom is -0.310 e. The molecule has 1 atom stereocenters. The lowest BCUT2D eigenvalue weighted by Gasteiger charge is -2.20. The third kappa shape index (κ3) is 3.58. The van der Waals surface area contributed by atoms with Gasteiger partial charge in [-0.2, -0.15) is 0 Å². The Morgan fingerprint density at radius 2 is 1.78 bits per heavy atom. The van der Waals surface area contributed by atoms with E-state index in [0.29, 0.717) is 6.04 Å². The minimum atomic E-state index is 0.482. The van der Waals surface area contributed by atoms with Crippen LogP contribution in [0.3, 0.4) is 0 Å². The van der Waals surface area contributed by atoms with Crippen molar-refractivity contribution >= 4 is 0 Å². The first kappa shape index (κ1) is 13.6. The largest absolute Gasteiger partial charge is 0.310 e. The summed E-state index contributed by atoms with van der Waals surface area (Å²) in [6.45, 7) is 7.97. The summed E-state index contributed by atoms with van der Waals surface area (Å²) in [4.78, 5) is 0. The molecule has 0 saturated heterocycles. The van der Waals surface area contributed by atoms with Crippen molar-refractivity contribution in [2.45, 2.75) is 58.9 Å². The maximum Gasteiger partial charge on any atom is 0.0291 e. The van der Waals surface area contributed by atoms with Crippen molar-refractivity contribution in [2.24, 2.45) is 5.92 Å². The van der Waals surface area contributed by atoms with Gasteiger partial charge in [0.25, 0.3) is 0 Å². The van der Waals surface area contributed by atoms with E-state index in [4.69, 9.17) is 0 Å². The summed E-state index contributed by atoms with van der Waals surface area (Å²) in [5.74, 6) is 0.785. The molecule has 0 spiro atoms. The highest BCUT2D eigenvalue weighted by molar-refractivity contribution is 5.35. The van der Waals surface area contributed by atoms with Crippen LogP contribution in [-0.4, -0.2) is 6.54 Å². The van der Waals surface area contributed by atoms with Gasteiger partial charge in [-0.05, 0) is 68.2 Å². The van der Waals surface area contributed by atoms with Crippen LogP contribution in [0.25, 0.3) is 0 Å². The zero-order valence-corrected chi connectivity index (χ0v) is 12.1. The maximum atomic E-state index is 3.64. The maximum absolute atomic E-state index is 3.64. The van der Waals surface area contributed by atoms with E-state index in [-0.39, 0.29) is 0 Å². The van der Waals surface area contributed by atoms with Gasteiger partial charge in [0.2, 0.25) is 0 Å². The van der Waals surface area contributed by atoms with Gasteiger partial charge in [-0.15, -0.1) is 0 Å². The molecule has 1 aromatic carbocycles. The number of nitrogens with one attached hydrogen (secondary N) is 1. The molecule has 0 aromatic heterocycles. The average Bonchev–Trinajstić information content (AvgIpc) is 2.37. The Bertz CT molecular complexity index is 381. The van der Waals surface area contributed by atoms with E-state index in [1.54, 1.807) is 11.1 Å². The smallest absolute Gasteiger partial charge is 0.0291 e. The summed E-state index contributed by atoms with van der Waals surface area (Å²) >= 11 is 0. The van der Waals surface area contributed by atoms with Crippen LogP contribution < -0.4 is 5.32 Å². The zero-order chi connectivity index (χ0) is 13.0. The zero-order valence-electron chi connectivity index (χ0n) is 12.1. The van der Waals surface area contributed by atoms with Gasteiger partial charge < -0.3 is 5.32 Å². The Kier molecular flexibility index (Phi) is 4.82. The van der Waals surface area contributed by atoms with Crippen LogP contribution in [0.15, 0.2) is 18.2 Å². The Labute approximate surface area is 112 Å². The molecule has 1 nitrogen and oxygen atoms in total. The van der Waals surface area contributed by atoms with Crippen molar-refractivity contribution in [3.05, 3.63) is 34.9 Å². The average molecular weight is 245 g/mol. The molecular weight excluding hydrogens is 218 g/mol. The van der Waals surface area contributed by atoms with E-state index in [1.165, 1.54) is 37.7 Å². The molecule has 0 saturated carbocycles. The molecule has 1 aliphatic carbocycles. The SMILES string of the molecule is CC(C)CCNC(C)c1ccc2c(c1)CCCC2. The number of aryl methyl sites for hydroxylation is 2. The molecule has 0 radical (unpaired) electrons. The number of benzene rings is 1. The molecule has 18 heavy (non-hydrogen) atoms. The number of hydrogen-bond acceptors (Lipinski definition) is 1. The molecule has 1 unspecified atom stereocenters. The predicted octanol–water partition coefficient (Wildman–Crippen LogP) is 4.26. The lowest BCUT2D eigenvalue weighted by Crippen LogP contribution is -2.21. The third-order valence-corrected chi connectivity index (χ3v) is 4.04. The highest BCUT2D eigenvalue weighted by Crippen LogP contribution is 2.24. The second-order valence-corrected chi connectivity index (χ2v) is 6.09. The molecule has 1 aromatic rings. The quantitative estimate of drug-likeness (QED) is 0.817. The summed E-state index contributed by atoms with van der Waals surface area (Å²) < 4.78 is 0. The fourth-order valence-corrected chi connectivity index (χ4v) is 2.73. The van der Waals surface area contributed by atoms with E-state index in [1.807, 2.05) is 0 Å². The van der Waals surface area contributed by atoms with Crippen LogP contribution in [0, 0.1) is 5.92 Å². The molecule has 0 bridgehead atoms. The highest BCUT2D eigenvalue weighted by atomic mass is 14.9. The van der Waals surface area contributed by atoms with Gasteiger partial charge in [-0.1, -0.05) is 32.0 Å². The van der Waals surface area contributed by atoms with Crippen molar-refractivity contribution < 1.29 is 0 Å². The van der Waals surface area contributed by atoms with Gasteiger partial charge in [-0.25, -0.2) is 0 Å². The standard InChI is InChI=1S/C17H27N/c1-13(2)10-11-18-14(3)16-9-8-15-6-4-5-7-17(15)12-16/h8-9,12-14,18H,4-7,10-11H2,1-3H3. The number of hydrogen-bond donors (Lipinski definition) is 1. The molecule has 1 heteroatoms. The van der Waals surface area contributed by atoms with E-state index < -0.39 is 0 Å². The van der Waals surface area contributed by atoms with Crippen molar-refractivity contribution in [3.63, 3.8) is 0 Å². The second-order valence-electron chi connectivity index (χ2n) is 6.09. The van der Waals surface area contributed by atoms with Crippen molar-refractivity contribution in [1.82, 2.24) is 5.32 Å². The molecule has 0 aliphatic heterocycles. The number of fused-ring (bicyclic) bond motifs is 1.